The van der Waals surface area contributed by atoms with Crippen molar-refractivity contribution in [2.75, 3.05) is 39.3 Å². The molecule has 0 atom stereocenters. The van der Waals surface area contributed by atoms with Crippen LogP contribution >= 0.6 is 0 Å². The molecule has 1 aromatic carbocycles. The summed E-state index contributed by atoms with van der Waals surface area (Å²) in [4.78, 5) is 4.90. The molecule has 1 heterocycles. The van der Waals surface area contributed by atoms with E-state index in [9.17, 15) is 0 Å². The first kappa shape index (κ1) is 14.5. The van der Waals surface area contributed by atoms with E-state index in [4.69, 9.17) is 5.11 Å². The Morgan fingerprint density at radius 2 is 1.58 bits per heavy atom. The van der Waals surface area contributed by atoms with Gasteiger partial charge in [0.15, 0.2) is 0 Å². The maximum absolute atomic E-state index is 9.02. The molecule has 19 heavy (non-hydrogen) atoms. The van der Waals surface area contributed by atoms with Gasteiger partial charge < -0.3 is 5.11 Å². The maximum atomic E-state index is 9.02. The van der Waals surface area contributed by atoms with Crippen LogP contribution in [0.1, 0.15) is 23.1 Å². The van der Waals surface area contributed by atoms with E-state index >= 15 is 0 Å². The number of nitrogens with zero attached hydrogens (tertiary/aromatic N) is 2. The Kier molecular flexibility index (Phi) is 5.37. The molecule has 0 amide bonds. The highest BCUT2D eigenvalue weighted by Crippen LogP contribution is 2.13. The van der Waals surface area contributed by atoms with Gasteiger partial charge in [-0.25, -0.2) is 0 Å². The van der Waals surface area contributed by atoms with Crippen LogP contribution in [0.4, 0.5) is 0 Å². The lowest BCUT2D eigenvalue weighted by Gasteiger charge is -2.21. The summed E-state index contributed by atoms with van der Waals surface area (Å²) in [6, 6.07) is 6.82. The molecule has 1 saturated heterocycles. The molecule has 0 unspecified atom stereocenters. The molecular weight excluding hydrogens is 236 g/mol. The standard InChI is InChI=1S/C16H26N2O/c1-14-10-15(2)12-16(11-14)13-18-5-3-4-17(6-7-18)8-9-19/h10-12,19H,3-9,13H2,1-2H3. The van der Waals surface area contributed by atoms with E-state index in [1.54, 1.807) is 0 Å². The lowest BCUT2D eigenvalue weighted by molar-refractivity contribution is 0.196. The summed E-state index contributed by atoms with van der Waals surface area (Å²) in [5.74, 6) is 0. The molecule has 0 radical (unpaired) electrons. The molecule has 3 nitrogen and oxygen atoms in total. The van der Waals surface area contributed by atoms with Gasteiger partial charge in [-0.15, -0.1) is 0 Å². The average Bonchev–Trinajstić information content (AvgIpc) is 2.54. The van der Waals surface area contributed by atoms with Gasteiger partial charge in [0, 0.05) is 26.2 Å². The fraction of sp³-hybridized carbons (Fsp3) is 0.625. The first-order valence-electron chi connectivity index (χ1n) is 7.30. The number of hydrogen-bond donors (Lipinski definition) is 1. The summed E-state index contributed by atoms with van der Waals surface area (Å²) in [5, 5.41) is 9.02. The van der Waals surface area contributed by atoms with Gasteiger partial charge in [0.25, 0.3) is 0 Å². The topological polar surface area (TPSA) is 26.7 Å². The molecule has 0 spiro atoms. The number of aliphatic hydroxyl groups is 1. The van der Waals surface area contributed by atoms with Gasteiger partial charge >= 0.3 is 0 Å². The number of aryl methyl sites for hydroxylation is 2. The van der Waals surface area contributed by atoms with Gasteiger partial charge in [0.05, 0.1) is 6.61 Å². The second-order valence-electron chi connectivity index (χ2n) is 5.69. The highest BCUT2D eigenvalue weighted by Gasteiger charge is 2.14. The second-order valence-corrected chi connectivity index (χ2v) is 5.69. The third kappa shape index (κ3) is 4.60. The molecule has 1 aliphatic rings. The highest BCUT2D eigenvalue weighted by atomic mass is 16.3. The number of aliphatic hydroxyl groups excluding tert-OH is 1. The van der Waals surface area contributed by atoms with Crippen LogP contribution in [0.5, 0.6) is 0 Å². The lowest BCUT2D eigenvalue weighted by Crippen LogP contribution is -2.32. The molecule has 1 fully saturated rings. The summed E-state index contributed by atoms with van der Waals surface area (Å²) in [7, 11) is 0. The summed E-state index contributed by atoms with van der Waals surface area (Å²) >= 11 is 0. The third-order valence-electron chi connectivity index (χ3n) is 3.79. The number of hydrogen-bond acceptors (Lipinski definition) is 3. The van der Waals surface area contributed by atoms with Gasteiger partial charge in [-0.05, 0) is 38.9 Å². The largest absolute Gasteiger partial charge is 0.395 e. The minimum Gasteiger partial charge on any atom is -0.395 e. The zero-order chi connectivity index (χ0) is 13.7. The van der Waals surface area contributed by atoms with Gasteiger partial charge in [0.2, 0.25) is 0 Å². The van der Waals surface area contributed by atoms with Crippen LogP contribution in [-0.2, 0) is 6.54 Å². The second kappa shape index (κ2) is 7.04. The van der Waals surface area contributed by atoms with Crippen LogP contribution in [-0.4, -0.2) is 54.2 Å². The van der Waals surface area contributed by atoms with Crippen molar-refractivity contribution in [3.8, 4) is 0 Å². The van der Waals surface area contributed by atoms with E-state index < -0.39 is 0 Å². The molecule has 1 aromatic rings. The van der Waals surface area contributed by atoms with E-state index in [-0.39, 0.29) is 6.61 Å². The van der Waals surface area contributed by atoms with E-state index in [0.29, 0.717) is 0 Å². The molecular formula is C16H26N2O. The Bertz CT molecular complexity index is 385. The van der Waals surface area contributed by atoms with Gasteiger partial charge in [-0.3, -0.25) is 9.80 Å². The first-order chi connectivity index (χ1) is 9.17. The van der Waals surface area contributed by atoms with Crippen LogP contribution < -0.4 is 0 Å². The lowest BCUT2D eigenvalue weighted by atomic mass is 10.1. The van der Waals surface area contributed by atoms with Crippen LogP contribution in [0, 0.1) is 13.8 Å². The predicted octanol–water partition coefficient (Wildman–Crippen LogP) is 1.80. The normalized spacial score (nSPS) is 18.5. The third-order valence-corrected chi connectivity index (χ3v) is 3.79. The number of rotatable bonds is 4. The Labute approximate surface area is 116 Å². The Hall–Kier alpha value is -0.900. The summed E-state index contributed by atoms with van der Waals surface area (Å²) in [6.07, 6.45) is 1.20. The predicted molar refractivity (Wildman–Crippen MR) is 79.3 cm³/mol. The summed E-state index contributed by atoms with van der Waals surface area (Å²) in [6.45, 7) is 10.9. The summed E-state index contributed by atoms with van der Waals surface area (Å²) in [5.41, 5.74) is 4.13. The van der Waals surface area contributed by atoms with Crippen molar-refractivity contribution in [3.05, 3.63) is 34.9 Å². The SMILES string of the molecule is Cc1cc(C)cc(CN2CCCN(CCO)CC2)c1. The molecule has 1 N–H and O–H groups in total. The molecule has 3 heteroatoms. The molecule has 0 bridgehead atoms. The fourth-order valence-corrected chi connectivity index (χ4v) is 2.97. The van der Waals surface area contributed by atoms with Crippen LogP contribution in [0.15, 0.2) is 18.2 Å². The van der Waals surface area contributed by atoms with E-state index in [2.05, 4.69) is 41.8 Å². The number of benzene rings is 1. The van der Waals surface area contributed by atoms with Gasteiger partial charge in [-0.1, -0.05) is 29.3 Å². The molecule has 0 aliphatic carbocycles. The van der Waals surface area contributed by atoms with Crippen LogP contribution in [0.2, 0.25) is 0 Å². The van der Waals surface area contributed by atoms with Crippen molar-refractivity contribution < 1.29 is 5.11 Å². The monoisotopic (exact) mass is 262 g/mol. The number of β-amino-alcohol motifs (C(OH)–C–C–N with tert-alkyl or cyclic N) is 1. The minimum atomic E-state index is 0.275. The Balaban J connectivity index is 1.92. The quantitative estimate of drug-likeness (QED) is 0.896. The van der Waals surface area contributed by atoms with E-state index in [0.717, 1.165) is 39.3 Å². The van der Waals surface area contributed by atoms with Gasteiger partial charge in [0.1, 0.15) is 0 Å². The van der Waals surface area contributed by atoms with Gasteiger partial charge in [-0.2, -0.15) is 0 Å². The Morgan fingerprint density at radius 1 is 0.947 bits per heavy atom. The molecule has 0 saturated carbocycles. The van der Waals surface area contributed by atoms with E-state index in [1.165, 1.54) is 23.1 Å². The molecule has 1 aliphatic heterocycles. The van der Waals surface area contributed by atoms with E-state index in [1.807, 2.05) is 0 Å². The van der Waals surface area contributed by atoms with Crippen molar-refractivity contribution in [2.24, 2.45) is 0 Å². The van der Waals surface area contributed by atoms with Crippen molar-refractivity contribution in [1.29, 1.82) is 0 Å². The van der Waals surface area contributed by atoms with Crippen molar-refractivity contribution in [3.63, 3.8) is 0 Å². The zero-order valence-electron chi connectivity index (χ0n) is 12.2. The maximum Gasteiger partial charge on any atom is 0.0558 e. The van der Waals surface area contributed by atoms with Crippen LogP contribution in [0.3, 0.4) is 0 Å². The smallest absolute Gasteiger partial charge is 0.0558 e. The Morgan fingerprint density at radius 3 is 2.26 bits per heavy atom. The van der Waals surface area contributed by atoms with Crippen molar-refractivity contribution in [2.45, 2.75) is 26.8 Å². The minimum absolute atomic E-state index is 0.275. The molecule has 106 valence electrons. The highest BCUT2D eigenvalue weighted by molar-refractivity contribution is 5.28. The van der Waals surface area contributed by atoms with Crippen LogP contribution in [0.25, 0.3) is 0 Å². The average molecular weight is 262 g/mol. The molecule has 2 rings (SSSR count). The van der Waals surface area contributed by atoms with Crippen molar-refractivity contribution in [1.82, 2.24) is 9.80 Å². The summed E-state index contributed by atoms with van der Waals surface area (Å²) < 4.78 is 0. The van der Waals surface area contributed by atoms with Crippen molar-refractivity contribution >= 4 is 0 Å². The first-order valence-corrected chi connectivity index (χ1v) is 7.30. The molecule has 0 aromatic heterocycles. The zero-order valence-corrected chi connectivity index (χ0v) is 12.2. The fourth-order valence-electron chi connectivity index (χ4n) is 2.97.